The van der Waals surface area contributed by atoms with Crippen molar-refractivity contribution in [3.8, 4) is 0 Å². The van der Waals surface area contributed by atoms with E-state index in [1.165, 1.54) is 0 Å². The molecule has 0 aromatic rings. The van der Waals surface area contributed by atoms with Gasteiger partial charge in [-0.15, -0.1) is 0 Å². The first kappa shape index (κ1) is 12.1. The molecule has 0 heterocycles. The van der Waals surface area contributed by atoms with Crippen LogP contribution in [-0.2, 0) is 9.47 Å². The third-order valence-corrected chi connectivity index (χ3v) is 3.74. The summed E-state index contributed by atoms with van der Waals surface area (Å²) in [4.78, 5) is 0. The molecule has 0 aromatic heterocycles. The molecule has 0 N–H and O–H groups in total. The van der Waals surface area contributed by atoms with Gasteiger partial charge >= 0.3 is 0 Å². The lowest BCUT2D eigenvalue weighted by Gasteiger charge is -2.30. The van der Waals surface area contributed by atoms with Crippen molar-refractivity contribution in [2.75, 3.05) is 7.11 Å². The molecular weight excluding hydrogens is 188 g/mol. The van der Waals surface area contributed by atoms with Crippen LogP contribution < -0.4 is 0 Å². The molecule has 12 heavy (non-hydrogen) atoms. The molecule has 0 rings (SSSR count). The largest absolute Gasteiger partial charge is 0.488 e. The summed E-state index contributed by atoms with van der Waals surface area (Å²) in [6, 6.07) is 0.970. The van der Waals surface area contributed by atoms with E-state index in [-0.39, 0.29) is 11.7 Å². The van der Waals surface area contributed by atoms with Gasteiger partial charge < -0.3 is 9.47 Å². The van der Waals surface area contributed by atoms with Gasteiger partial charge in [-0.05, 0) is 39.0 Å². The second-order valence-corrected chi connectivity index (χ2v) is 4.32. The topological polar surface area (TPSA) is 18.5 Å². The Kier molecular flexibility index (Phi) is 4.97. The quantitative estimate of drug-likeness (QED) is 0.503. The molecule has 1 unspecified atom stereocenters. The van der Waals surface area contributed by atoms with E-state index in [0.717, 1.165) is 16.3 Å². The number of methoxy groups -OCH3 is 1. The molecule has 0 aliphatic rings. The fourth-order valence-corrected chi connectivity index (χ4v) is 1.95. The highest BCUT2D eigenvalue weighted by atomic mass is 32.1. The molecule has 0 radical (unpaired) electrons. The van der Waals surface area contributed by atoms with Crippen LogP contribution in [0.25, 0.3) is 0 Å². The maximum absolute atomic E-state index is 5.71. The zero-order valence-electron chi connectivity index (χ0n) is 8.51. The third-order valence-electron chi connectivity index (χ3n) is 1.79. The number of thiocarbonyl (C=S) groups is 1. The molecule has 2 nitrogen and oxygen atoms in total. The summed E-state index contributed by atoms with van der Waals surface area (Å²) in [5.41, 5.74) is -0.357. The van der Waals surface area contributed by atoms with Crippen LogP contribution in [0, 0.1) is 0 Å². The van der Waals surface area contributed by atoms with Crippen molar-refractivity contribution < 1.29 is 9.47 Å². The minimum Gasteiger partial charge on any atom is -0.488 e. The number of ether oxygens (including phenoxy) is 2. The molecular formula is C8H18O2SSi. The Labute approximate surface area is 83.1 Å². The minimum atomic E-state index is -0.357. The fourth-order valence-electron chi connectivity index (χ4n) is 1.01. The highest BCUT2D eigenvalue weighted by Crippen LogP contribution is 2.19. The van der Waals surface area contributed by atoms with Crippen LogP contribution in [0.3, 0.4) is 0 Å². The Morgan fingerprint density at radius 2 is 2.08 bits per heavy atom. The molecule has 0 aliphatic carbocycles. The Hall–Kier alpha value is 0.0669. The highest BCUT2D eigenvalue weighted by Gasteiger charge is 2.30. The molecule has 0 aromatic carbocycles. The van der Waals surface area contributed by atoms with E-state index >= 15 is 0 Å². The van der Waals surface area contributed by atoms with E-state index < -0.39 is 0 Å². The van der Waals surface area contributed by atoms with Crippen molar-refractivity contribution in [3.63, 3.8) is 0 Å². The Morgan fingerprint density at radius 1 is 1.58 bits per heavy atom. The van der Waals surface area contributed by atoms with Gasteiger partial charge in [0.1, 0.15) is 5.60 Å². The van der Waals surface area contributed by atoms with Gasteiger partial charge in [0, 0.05) is 10.2 Å². The maximum atomic E-state index is 5.71. The van der Waals surface area contributed by atoms with Crippen LogP contribution in [0.15, 0.2) is 0 Å². The molecule has 0 fully saturated rings. The number of hydrogen-bond acceptors (Lipinski definition) is 3. The number of rotatable bonds is 4. The van der Waals surface area contributed by atoms with Crippen molar-refractivity contribution in [1.29, 1.82) is 0 Å². The van der Waals surface area contributed by atoms with Crippen LogP contribution in [-0.4, -0.2) is 34.1 Å². The first-order valence-electron chi connectivity index (χ1n) is 4.22. The molecule has 0 amide bonds. The summed E-state index contributed by atoms with van der Waals surface area (Å²) in [6.45, 7) is 6.01. The van der Waals surface area contributed by atoms with Crippen LogP contribution in [0.1, 0.15) is 20.8 Å². The van der Waals surface area contributed by atoms with Gasteiger partial charge in [-0.2, -0.15) is 0 Å². The van der Waals surface area contributed by atoms with E-state index in [1.54, 1.807) is 7.11 Å². The smallest absolute Gasteiger partial charge is 0.191 e. The number of hydrogen-bond donors (Lipinski definition) is 0. The average molecular weight is 206 g/mol. The summed E-state index contributed by atoms with van der Waals surface area (Å²) >= 11 is 5.08. The van der Waals surface area contributed by atoms with Gasteiger partial charge in [0.05, 0.1) is 13.2 Å². The summed E-state index contributed by atoms with van der Waals surface area (Å²) < 4.78 is 10.7. The van der Waals surface area contributed by atoms with Crippen LogP contribution in [0.4, 0.5) is 0 Å². The lowest BCUT2D eigenvalue weighted by molar-refractivity contribution is -0.0185. The Morgan fingerprint density at radius 3 is 2.33 bits per heavy atom. The Bertz CT molecular complexity index is 161. The highest BCUT2D eigenvalue weighted by molar-refractivity contribution is 7.80. The zero-order valence-corrected chi connectivity index (χ0v) is 11.3. The summed E-state index contributed by atoms with van der Waals surface area (Å²) in [6.07, 6.45) is 0.192. The SMILES string of the molecule is COC(=S)C(C)(C[SiH3])OC(C)C. The van der Waals surface area contributed by atoms with Crippen molar-refractivity contribution in [2.45, 2.75) is 38.5 Å². The second kappa shape index (κ2) is 4.94. The van der Waals surface area contributed by atoms with Gasteiger partial charge in [0.2, 0.25) is 0 Å². The fraction of sp³-hybridized carbons (Fsp3) is 0.875. The summed E-state index contributed by atoms with van der Waals surface area (Å²) in [5.74, 6) is 0. The van der Waals surface area contributed by atoms with Crippen molar-refractivity contribution >= 4 is 27.5 Å². The Balaban J connectivity index is 4.33. The predicted octanol–water partition coefficient (Wildman–Crippen LogP) is 0.928. The van der Waals surface area contributed by atoms with Crippen molar-refractivity contribution in [2.24, 2.45) is 0 Å². The van der Waals surface area contributed by atoms with E-state index in [2.05, 4.69) is 0 Å². The summed E-state index contributed by atoms with van der Waals surface area (Å²) in [5, 5.41) is 0.561. The molecule has 1 atom stereocenters. The van der Waals surface area contributed by atoms with Crippen LogP contribution in [0.2, 0.25) is 6.04 Å². The monoisotopic (exact) mass is 206 g/mol. The minimum absolute atomic E-state index is 0.192. The van der Waals surface area contributed by atoms with Gasteiger partial charge in [0.15, 0.2) is 5.05 Å². The molecule has 0 aliphatic heterocycles. The van der Waals surface area contributed by atoms with Gasteiger partial charge in [-0.3, -0.25) is 0 Å². The molecule has 72 valence electrons. The van der Waals surface area contributed by atoms with Crippen molar-refractivity contribution in [3.05, 3.63) is 0 Å². The first-order chi connectivity index (χ1) is 5.46. The standard InChI is InChI=1S/C8H18O2SSi/c1-6(2)10-8(3,5-12)7(11)9-4/h6H,5H2,1-4,12H3. The van der Waals surface area contributed by atoms with Gasteiger partial charge in [0.25, 0.3) is 0 Å². The van der Waals surface area contributed by atoms with E-state index in [1.807, 2.05) is 20.8 Å². The molecule has 4 heteroatoms. The molecule has 0 spiro atoms. The lowest BCUT2D eigenvalue weighted by atomic mass is 10.1. The average Bonchev–Trinajstić information content (AvgIpc) is 2.01. The van der Waals surface area contributed by atoms with Gasteiger partial charge in [-0.25, -0.2) is 0 Å². The predicted molar refractivity (Wildman–Crippen MR) is 59.0 cm³/mol. The van der Waals surface area contributed by atoms with Crippen LogP contribution in [0.5, 0.6) is 0 Å². The first-order valence-corrected chi connectivity index (χ1v) is 6.04. The molecule has 0 saturated heterocycles. The third kappa shape index (κ3) is 3.21. The summed E-state index contributed by atoms with van der Waals surface area (Å²) in [7, 11) is 2.66. The van der Waals surface area contributed by atoms with Gasteiger partial charge in [-0.1, -0.05) is 0 Å². The molecule has 0 saturated carbocycles. The van der Waals surface area contributed by atoms with Crippen LogP contribution >= 0.6 is 12.2 Å². The normalized spacial score (nSPS) is 16.1. The lowest BCUT2D eigenvalue weighted by Crippen LogP contribution is -2.39. The second-order valence-electron chi connectivity index (χ2n) is 3.24. The maximum Gasteiger partial charge on any atom is 0.191 e. The van der Waals surface area contributed by atoms with Crippen molar-refractivity contribution in [1.82, 2.24) is 0 Å². The van der Waals surface area contributed by atoms with E-state index in [0.29, 0.717) is 5.05 Å². The molecule has 0 bridgehead atoms. The zero-order chi connectivity index (χ0) is 9.78. The van der Waals surface area contributed by atoms with E-state index in [4.69, 9.17) is 21.7 Å². The van der Waals surface area contributed by atoms with E-state index in [9.17, 15) is 0 Å².